The van der Waals surface area contributed by atoms with Crippen LogP contribution in [-0.2, 0) is 5.54 Å². The highest BCUT2D eigenvalue weighted by atomic mass is 32.1. The fraction of sp³-hybridized carbons (Fsp3) is 0.588. The molecule has 0 spiro atoms. The van der Waals surface area contributed by atoms with Crippen LogP contribution >= 0.6 is 11.3 Å². The Morgan fingerprint density at radius 3 is 3.04 bits per heavy atom. The molecule has 2 aromatic rings. The monoisotopic (exact) mass is 347 g/mol. The van der Waals surface area contributed by atoms with Crippen LogP contribution in [-0.4, -0.2) is 33.8 Å². The van der Waals surface area contributed by atoms with E-state index in [1.54, 1.807) is 17.4 Å². The van der Waals surface area contributed by atoms with Crippen LogP contribution in [0, 0.1) is 6.92 Å². The molecule has 1 amide bonds. The van der Waals surface area contributed by atoms with E-state index in [2.05, 4.69) is 27.6 Å². The molecular formula is C17H25N5OS. The third-order valence-corrected chi connectivity index (χ3v) is 5.90. The maximum atomic E-state index is 12.7. The maximum absolute atomic E-state index is 12.7. The van der Waals surface area contributed by atoms with E-state index < -0.39 is 5.54 Å². The topological polar surface area (TPSA) is 71.8 Å². The van der Waals surface area contributed by atoms with Crippen molar-refractivity contribution in [2.75, 3.05) is 13.1 Å². The van der Waals surface area contributed by atoms with Crippen molar-refractivity contribution in [1.29, 1.82) is 0 Å². The number of carbonyl (C=O) groups excluding carboxylic acids is 1. The first-order valence-electron chi connectivity index (χ1n) is 8.53. The van der Waals surface area contributed by atoms with Crippen LogP contribution in [0.15, 0.2) is 17.6 Å². The highest BCUT2D eigenvalue weighted by molar-refractivity contribution is 7.09. The number of amides is 1. The maximum Gasteiger partial charge on any atom is 0.272 e. The van der Waals surface area contributed by atoms with Crippen LogP contribution < -0.4 is 10.6 Å². The van der Waals surface area contributed by atoms with Crippen LogP contribution in [0.25, 0.3) is 0 Å². The van der Waals surface area contributed by atoms with Gasteiger partial charge in [-0.3, -0.25) is 9.48 Å². The molecule has 3 rings (SSSR count). The molecule has 0 radical (unpaired) electrons. The molecule has 1 fully saturated rings. The summed E-state index contributed by atoms with van der Waals surface area (Å²) in [5, 5.41) is 13.9. The molecule has 1 aliphatic heterocycles. The summed E-state index contributed by atoms with van der Waals surface area (Å²) in [5.74, 6) is -0.144. The van der Waals surface area contributed by atoms with E-state index in [0.717, 1.165) is 43.1 Å². The Hall–Kier alpha value is -1.73. The minimum atomic E-state index is -0.466. The van der Waals surface area contributed by atoms with Crippen LogP contribution in [0.2, 0.25) is 0 Å². The number of aromatic nitrogens is 3. The minimum absolute atomic E-state index is 0.144. The normalized spacial score (nSPS) is 20.5. The van der Waals surface area contributed by atoms with Gasteiger partial charge in [0.25, 0.3) is 5.91 Å². The van der Waals surface area contributed by atoms with Crippen LogP contribution in [0.4, 0.5) is 0 Å². The van der Waals surface area contributed by atoms with Gasteiger partial charge in [-0.2, -0.15) is 5.10 Å². The van der Waals surface area contributed by atoms with Crippen molar-refractivity contribution in [2.45, 2.75) is 51.6 Å². The third-order valence-electron chi connectivity index (χ3n) is 4.67. The van der Waals surface area contributed by atoms with Gasteiger partial charge in [-0.15, -0.1) is 11.3 Å². The van der Waals surface area contributed by atoms with Crippen LogP contribution in [0.5, 0.6) is 0 Å². The number of aryl methyl sites for hydroxylation is 1. The molecule has 0 saturated carbocycles. The lowest BCUT2D eigenvalue weighted by Gasteiger charge is -2.27. The van der Waals surface area contributed by atoms with E-state index in [1.165, 1.54) is 0 Å². The SMILES string of the molecule is CCC(C)(NC(=O)c1ccn(C2CCCNC2)n1)c1nc(C)cs1. The Morgan fingerprint density at radius 2 is 2.42 bits per heavy atom. The Balaban J connectivity index is 1.73. The van der Waals surface area contributed by atoms with Crippen molar-refractivity contribution in [3.8, 4) is 0 Å². The molecule has 24 heavy (non-hydrogen) atoms. The van der Waals surface area contributed by atoms with E-state index in [4.69, 9.17) is 0 Å². The van der Waals surface area contributed by atoms with E-state index in [9.17, 15) is 4.79 Å². The first kappa shape index (κ1) is 17.1. The number of rotatable bonds is 5. The summed E-state index contributed by atoms with van der Waals surface area (Å²) in [6.07, 6.45) is 4.92. The van der Waals surface area contributed by atoms with Gasteiger partial charge in [-0.05, 0) is 45.7 Å². The number of hydrogen-bond acceptors (Lipinski definition) is 5. The number of nitrogens with one attached hydrogen (secondary N) is 2. The summed E-state index contributed by atoms with van der Waals surface area (Å²) >= 11 is 1.59. The predicted molar refractivity (Wildman–Crippen MR) is 95.3 cm³/mol. The van der Waals surface area contributed by atoms with Crippen molar-refractivity contribution in [1.82, 2.24) is 25.4 Å². The summed E-state index contributed by atoms with van der Waals surface area (Å²) in [6.45, 7) is 8.02. The van der Waals surface area contributed by atoms with Gasteiger partial charge in [0.1, 0.15) is 10.7 Å². The van der Waals surface area contributed by atoms with Gasteiger partial charge >= 0.3 is 0 Å². The average molecular weight is 347 g/mol. The number of piperidine rings is 1. The van der Waals surface area contributed by atoms with E-state index in [-0.39, 0.29) is 5.91 Å². The van der Waals surface area contributed by atoms with E-state index >= 15 is 0 Å². The molecule has 1 aliphatic rings. The van der Waals surface area contributed by atoms with Crippen molar-refractivity contribution < 1.29 is 4.79 Å². The second kappa shape index (κ2) is 7.03. The molecule has 3 heterocycles. The lowest BCUT2D eigenvalue weighted by molar-refractivity contribution is 0.0895. The van der Waals surface area contributed by atoms with Crippen molar-refractivity contribution in [2.24, 2.45) is 0 Å². The second-order valence-corrected chi connectivity index (χ2v) is 7.47. The molecule has 2 unspecified atom stereocenters. The molecule has 2 aromatic heterocycles. The Kier molecular flexibility index (Phi) is 5.01. The first-order chi connectivity index (χ1) is 11.5. The Labute approximate surface area is 146 Å². The smallest absolute Gasteiger partial charge is 0.272 e. The summed E-state index contributed by atoms with van der Waals surface area (Å²) in [4.78, 5) is 17.2. The van der Waals surface area contributed by atoms with E-state index in [1.807, 2.05) is 30.1 Å². The third kappa shape index (κ3) is 3.52. The second-order valence-electron chi connectivity index (χ2n) is 6.61. The Morgan fingerprint density at radius 1 is 1.58 bits per heavy atom. The van der Waals surface area contributed by atoms with Gasteiger partial charge < -0.3 is 10.6 Å². The van der Waals surface area contributed by atoms with Crippen molar-refractivity contribution in [3.05, 3.63) is 34.0 Å². The summed E-state index contributed by atoms with van der Waals surface area (Å²) in [5.41, 5.74) is 0.984. The van der Waals surface area contributed by atoms with Gasteiger partial charge in [-0.25, -0.2) is 4.98 Å². The molecule has 130 valence electrons. The van der Waals surface area contributed by atoms with Crippen LogP contribution in [0.1, 0.15) is 60.3 Å². The zero-order valence-corrected chi connectivity index (χ0v) is 15.3. The molecule has 0 aliphatic carbocycles. The zero-order chi connectivity index (χ0) is 17.2. The first-order valence-corrected chi connectivity index (χ1v) is 9.41. The quantitative estimate of drug-likeness (QED) is 0.872. The highest BCUT2D eigenvalue weighted by Gasteiger charge is 2.31. The van der Waals surface area contributed by atoms with Gasteiger partial charge in [-0.1, -0.05) is 6.92 Å². The molecule has 7 heteroatoms. The molecule has 1 saturated heterocycles. The molecule has 0 bridgehead atoms. The largest absolute Gasteiger partial charge is 0.339 e. The number of carbonyl (C=O) groups is 1. The molecular weight excluding hydrogens is 322 g/mol. The van der Waals surface area contributed by atoms with Crippen molar-refractivity contribution in [3.63, 3.8) is 0 Å². The minimum Gasteiger partial charge on any atom is -0.339 e. The summed E-state index contributed by atoms with van der Waals surface area (Å²) in [6, 6.07) is 2.13. The fourth-order valence-electron chi connectivity index (χ4n) is 2.94. The lowest BCUT2D eigenvalue weighted by atomic mass is 9.99. The van der Waals surface area contributed by atoms with Gasteiger partial charge in [0.15, 0.2) is 0 Å². The summed E-state index contributed by atoms with van der Waals surface area (Å²) < 4.78 is 1.91. The van der Waals surface area contributed by atoms with Crippen LogP contribution in [0.3, 0.4) is 0 Å². The van der Waals surface area contributed by atoms with Crippen molar-refractivity contribution >= 4 is 17.2 Å². The van der Waals surface area contributed by atoms with E-state index in [0.29, 0.717) is 11.7 Å². The highest BCUT2D eigenvalue weighted by Crippen LogP contribution is 2.28. The van der Waals surface area contributed by atoms with Gasteiger partial charge in [0.2, 0.25) is 0 Å². The fourth-order valence-corrected chi connectivity index (χ4v) is 3.92. The number of nitrogens with zero attached hydrogens (tertiary/aromatic N) is 3. The number of thiazole rings is 1. The Bertz CT molecular complexity index is 703. The molecule has 6 nitrogen and oxygen atoms in total. The molecule has 2 atom stereocenters. The molecule has 2 N–H and O–H groups in total. The molecule has 0 aromatic carbocycles. The predicted octanol–water partition coefficient (Wildman–Crippen LogP) is 2.63. The summed E-state index contributed by atoms with van der Waals surface area (Å²) in [7, 11) is 0. The average Bonchev–Trinajstić information content (AvgIpc) is 3.25. The lowest BCUT2D eigenvalue weighted by Crippen LogP contribution is -2.43. The van der Waals surface area contributed by atoms with Gasteiger partial charge in [0, 0.05) is 23.8 Å². The standard InChI is InChI=1S/C17H25N5OS/c1-4-17(3,16-19-12(2)11-24-16)20-15(23)14-7-9-22(21-14)13-6-5-8-18-10-13/h7,9,11,13,18H,4-6,8,10H2,1-3H3,(H,20,23). The zero-order valence-electron chi connectivity index (χ0n) is 14.5. The number of hydrogen-bond donors (Lipinski definition) is 2. The van der Waals surface area contributed by atoms with Gasteiger partial charge in [0.05, 0.1) is 11.6 Å².